The van der Waals surface area contributed by atoms with Gasteiger partial charge >= 0.3 is 0 Å². The highest BCUT2D eigenvalue weighted by Gasteiger charge is 2.14. The van der Waals surface area contributed by atoms with Crippen LogP contribution in [-0.2, 0) is 0 Å². The highest BCUT2D eigenvalue weighted by molar-refractivity contribution is 6.31. The average Bonchev–Trinajstić information content (AvgIpc) is 3.12. The number of hydrogen-bond acceptors (Lipinski definition) is 5. The molecule has 7 heteroatoms. The Morgan fingerprint density at radius 2 is 2.07 bits per heavy atom. The number of anilines is 1. The summed E-state index contributed by atoms with van der Waals surface area (Å²) in [5, 5.41) is 3.28. The minimum Gasteiger partial charge on any atom is -0.496 e. The summed E-state index contributed by atoms with van der Waals surface area (Å²) in [7, 11) is 1.50. The summed E-state index contributed by atoms with van der Waals surface area (Å²) in [6, 6.07) is 13.8. The van der Waals surface area contributed by atoms with Crippen molar-refractivity contribution in [3.8, 4) is 17.2 Å². The van der Waals surface area contributed by atoms with Crippen molar-refractivity contribution in [2.75, 3.05) is 12.4 Å². The predicted molar refractivity (Wildman–Crippen MR) is 103 cm³/mol. The molecule has 134 valence electrons. The van der Waals surface area contributed by atoms with Crippen molar-refractivity contribution in [2.24, 2.45) is 0 Å². The smallest absolute Gasteiger partial charge is 0.259 e. The van der Waals surface area contributed by atoms with Crippen molar-refractivity contribution in [3.63, 3.8) is 0 Å². The van der Waals surface area contributed by atoms with Gasteiger partial charge in [0.25, 0.3) is 5.91 Å². The molecule has 4 rings (SSSR count). The lowest BCUT2D eigenvalue weighted by atomic mass is 10.1. The first-order valence-corrected chi connectivity index (χ1v) is 8.48. The van der Waals surface area contributed by atoms with Crippen LogP contribution in [0.5, 0.6) is 5.75 Å². The molecule has 4 aromatic rings. The van der Waals surface area contributed by atoms with E-state index in [1.165, 1.54) is 7.11 Å². The number of nitrogens with zero attached hydrogens (tertiary/aromatic N) is 2. The Balaban J connectivity index is 1.63. The zero-order chi connectivity index (χ0) is 18.8. The summed E-state index contributed by atoms with van der Waals surface area (Å²) in [5.41, 5.74) is 2.96. The van der Waals surface area contributed by atoms with E-state index in [0.29, 0.717) is 39.0 Å². The number of ether oxygens (including phenoxy) is 1. The molecule has 0 aliphatic heterocycles. The Kier molecular flexibility index (Phi) is 4.48. The van der Waals surface area contributed by atoms with Crippen LogP contribution in [0.4, 0.5) is 5.69 Å². The molecule has 0 spiro atoms. The van der Waals surface area contributed by atoms with Gasteiger partial charge in [0.05, 0.1) is 18.2 Å². The van der Waals surface area contributed by atoms with E-state index in [1.807, 2.05) is 12.1 Å². The predicted octanol–water partition coefficient (Wildman–Crippen LogP) is 4.80. The third kappa shape index (κ3) is 3.47. The normalized spacial score (nSPS) is 10.7. The van der Waals surface area contributed by atoms with Crippen molar-refractivity contribution in [1.82, 2.24) is 9.97 Å². The minimum absolute atomic E-state index is 0.329. The van der Waals surface area contributed by atoms with Crippen molar-refractivity contribution >= 4 is 34.3 Å². The second-order valence-electron chi connectivity index (χ2n) is 5.74. The molecule has 2 aromatic heterocycles. The zero-order valence-electron chi connectivity index (χ0n) is 14.3. The Morgan fingerprint density at radius 3 is 2.85 bits per heavy atom. The van der Waals surface area contributed by atoms with Gasteiger partial charge in [-0.15, -0.1) is 0 Å². The van der Waals surface area contributed by atoms with Gasteiger partial charge in [-0.25, -0.2) is 4.98 Å². The number of oxazole rings is 1. The average molecular weight is 380 g/mol. The number of halogens is 1. The standard InChI is InChI=1S/C20H14ClN3O3/c1-26-17-6-4-13(21)9-15(17)19(25)23-14-5-7-18-16(10-14)24-20(27-18)12-3-2-8-22-11-12/h2-11H,1H3,(H,23,25). The Hall–Kier alpha value is -3.38. The van der Waals surface area contributed by atoms with E-state index in [9.17, 15) is 4.79 Å². The van der Waals surface area contributed by atoms with Gasteiger partial charge in [0.15, 0.2) is 5.58 Å². The van der Waals surface area contributed by atoms with Crippen LogP contribution in [0.2, 0.25) is 5.02 Å². The third-order valence-electron chi connectivity index (χ3n) is 3.96. The molecular weight excluding hydrogens is 366 g/mol. The Bertz CT molecular complexity index is 1130. The SMILES string of the molecule is COc1ccc(Cl)cc1C(=O)Nc1ccc2oc(-c3cccnc3)nc2c1. The highest BCUT2D eigenvalue weighted by Crippen LogP contribution is 2.27. The minimum atomic E-state index is -0.329. The van der Waals surface area contributed by atoms with Gasteiger partial charge in [0, 0.05) is 23.1 Å². The van der Waals surface area contributed by atoms with E-state index in [-0.39, 0.29) is 5.91 Å². The lowest BCUT2D eigenvalue weighted by Gasteiger charge is -2.09. The lowest BCUT2D eigenvalue weighted by molar-refractivity contribution is 0.102. The first-order chi connectivity index (χ1) is 13.1. The fraction of sp³-hybridized carbons (Fsp3) is 0.0500. The number of benzene rings is 2. The maximum absolute atomic E-state index is 12.6. The van der Waals surface area contributed by atoms with Gasteiger partial charge in [0.2, 0.25) is 5.89 Å². The molecule has 0 unspecified atom stereocenters. The fourth-order valence-corrected chi connectivity index (χ4v) is 2.85. The number of carbonyl (C=O) groups excluding carboxylic acids is 1. The second-order valence-corrected chi connectivity index (χ2v) is 6.18. The molecular formula is C20H14ClN3O3. The quantitative estimate of drug-likeness (QED) is 0.551. The molecule has 27 heavy (non-hydrogen) atoms. The first-order valence-electron chi connectivity index (χ1n) is 8.10. The molecule has 0 radical (unpaired) electrons. The molecule has 0 saturated heterocycles. The van der Waals surface area contributed by atoms with E-state index >= 15 is 0 Å². The summed E-state index contributed by atoms with van der Waals surface area (Å²) in [6.45, 7) is 0. The van der Waals surface area contributed by atoms with Gasteiger partial charge in [-0.2, -0.15) is 0 Å². The summed E-state index contributed by atoms with van der Waals surface area (Å²) in [4.78, 5) is 21.1. The number of fused-ring (bicyclic) bond motifs is 1. The highest BCUT2D eigenvalue weighted by atomic mass is 35.5. The molecule has 1 N–H and O–H groups in total. The maximum atomic E-state index is 12.6. The summed E-state index contributed by atoms with van der Waals surface area (Å²) in [6.07, 6.45) is 3.36. The lowest BCUT2D eigenvalue weighted by Crippen LogP contribution is -2.13. The van der Waals surface area contributed by atoms with Crippen LogP contribution >= 0.6 is 11.6 Å². The molecule has 0 aliphatic rings. The summed E-state index contributed by atoms with van der Waals surface area (Å²) >= 11 is 6.00. The Labute approximate surface area is 159 Å². The Morgan fingerprint density at radius 1 is 1.19 bits per heavy atom. The molecule has 6 nitrogen and oxygen atoms in total. The molecule has 0 bridgehead atoms. The van der Waals surface area contributed by atoms with Crippen LogP contribution in [-0.4, -0.2) is 23.0 Å². The van der Waals surface area contributed by atoms with Crippen LogP contribution in [0.1, 0.15) is 10.4 Å². The number of carbonyl (C=O) groups is 1. The summed E-state index contributed by atoms with van der Waals surface area (Å²) < 4.78 is 11.0. The number of nitrogens with one attached hydrogen (secondary N) is 1. The molecule has 2 aromatic carbocycles. The van der Waals surface area contributed by atoms with Crippen LogP contribution < -0.4 is 10.1 Å². The molecule has 0 aliphatic carbocycles. The van der Waals surface area contributed by atoms with Gasteiger partial charge in [-0.3, -0.25) is 9.78 Å². The van der Waals surface area contributed by atoms with Gasteiger partial charge < -0.3 is 14.5 Å². The molecule has 1 amide bonds. The van der Waals surface area contributed by atoms with E-state index < -0.39 is 0 Å². The van der Waals surface area contributed by atoms with Crippen molar-refractivity contribution in [1.29, 1.82) is 0 Å². The van der Waals surface area contributed by atoms with Crippen LogP contribution in [0.15, 0.2) is 65.3 Å². The molecule has 0 atom stereocenters. The first kappa shape index (κ1) is 17.1. The molecule has 0 fully saturated rings. The van der Waals surface area contributed by atoms with E-state index in [0.717, 1.165) is 5.56 Å². The monoisotopic (exact) mass is 379 g/mol. The van der Waals surface area contributed by atoms with E-state index in [2.05, 4.69) is 15.3 Å². The van der Waals surface area contributed by atoms with E-state index in [1.54, 1.807) is 48.8 Å². The number of rotatable bonds is 4. The largest absolute Gasteiger partial charge is 0.496 e. The summed E-state index contributed by atoms with van der Waals surface area (Å²) in [5.74, 6) is 0.584. The van der Waals surface area contributed by atoms with Gasteiger partial charge in [0.1, 0.15) is 11.3 Å². The van der Waals surface area contributed by atoms with Crippen molar-refractivity contribution in [3.05, 3.63) is 71.5 Å². The van der Waals surface area contributed by atoms with E-state index in [4.69, 9.17) is 20.8 Å². The molecule has 0 saturated carbocycles. The fourth-order valence-electron chi connectivity index (χ4n) is 2.67. The number of amides is 1. The third-order valence-corrected chi connectivity index (χ3v) is 4.20. The van der Waals surface area contributed by atoms with Crippen molar-refractivity contribution in [2.45, 2.75) is 0 Å². The zero-order valence-corrected chi connectivity index (χ0v) is 15.0. The maximum Gasteiger partial charge on any atom is 0.259 e. The van der Waals surface area contributed by atoms with Crippen LogP contribution in [0.3, 0.4) is 0 Å². The number of hydrogen-bond donors (Lipinski definition) is 1. The van der Waals surface area contributed by atoms with Crippen LogP contribution in [0.25, 0.3) is 22.6 Å². The number of pyridine rings is 1. The molecule has 2 heterocycles. The van der Waals surface area contributed by atoms with Gasteiger partial charge in [-0.1, -0.05) is 11.6 Å². The van der Waals surface area contributed by atoms with Crippen LogP contribution in [0, 0.1) is 0 Å². The second kappa shape index (κ2) is 7.09. The number of aromatic nitrogens is 2. The number of methoxy groups -OCH3 is 1. The van der Waals surface area contributed by atoms with Gasteiger partial charge in [-0.05, 0) is 48.5 Å². The van der Waals surface area contributed by atoms with Crippen molar-refractivity contribution < 1.29 is 13.9 Å². The topological polar surface area (TPSA) is 77.2 Å².